The van der Waals surface area contributed by atoms with Crippen molar-refractivity contribution in [3.05, 3.63) is 50.1 Å². The Balaban J connectivity index is 2.29. The van der Waals surface area contributed by atoms with E-state index in [0.29, 0.717) is 0 Å². The molecule has 0 aliphatic rings. The van der Waals surface area contributed by atoms with Gasteiger partial charge >= 0.3 is 0 Å². The lowest BCUT2D eigenvalue weighted by Crippen LogP contribution is -2.25. The molecule has 0 saturated carbocycles. The molecule has 1 heterocycles. The van der Waals surface area contributed by atoms with Crippen molar-refractivity contribution in [2.45, 2.75) is 13.8 Å². The summed E-state index contributed by atoms with van der Waals surface area (Å²) < 4.78 is 1.02. The minimum atomic E-state index is 0.0272. The van der Waals surface area contributed by atoms with E-state index in [4.69, 9.17) is 0 Å². The molecule has 0 unspecified atom stereocenters. The predicted octanol–water partition coefficient (Wildman–Crippen LogP) is 4.40. The van der Waals surface area contributed by atoms with E-state index in [9.17, 15) is 4.79 Å². The Labute approximate surface area is 119 Å². The molecule has 2 nitrogen and oxygen atoms in total. The van der Waals surface area contributed by atoms with Gasteiger partial charge in [0, 0.05) is 12.7 Å². The lowest BCUT2D eigenvalue weighted by Gasteiger charge is -2.16. The second-order valence-corrected chi connectivity index (χ2v) is 6.64. The van der Waals surface area contributed by atoms with Gasteiger partial charge < -0.3 is 4.90 Å². The van der Waals surface area contributed by atoms with Crippen LogP contribution in [0.15, 0.2) is 34.1 Å². The van der Waals surface area contributed by atoms with Crippen LogP contribution in [0, 0.1) is 13.8 Å². The summed E-state index contributed by atoms with van der Waals surface area (Å²) in [6, 6.07) is 9.86. The highest BCUT2D eigenvalue weighted by Crippen LogP contribution is 2.29. The van der Waals surface area contributed by atoms with E-state index < -0.39 is 0 Å². The predicted molar refractivity (Wildman–Crippen MR) is 80.7 cm³/mol. The number of hydrogen-bond acceptors (Lipinski definition) is 2. The molecule has 94 valence electrons. The van der Waals surface area contributed by atoms with Gasteiger partial charge in [-0.15, -0.1) is 11.3 Å². The van der Waals surface area contributed by atoms with Crippen molar-refractivity contribution in [3.8, 4) is 0 Å². The van der Waals surface area contributed by atoms with Crippen LogP contribution in [0.5, 0.6) is 0 Å². The Morgan fingerprint density at radius 3 is 2.56 bits per heavy atom. The highest BCUT2D eigenvalue weighted by molar-refractivity contribution is 9.11. The van der Waals surface area contributed by atoms with Crippen LogP contribution in [-0.4, -0.2) is 13.0 Å². The summed E-state index contributed by atoms with van der Waals surface area (Å²) in [4.78, 5) is 14.8. The van der Waals surface area contributed by atoms with Crippen molar-refractivity contribution in [2.24, 2.45) is 0 Å². The molecule has 0 bridgehead atoms. The fourth-order valence-electron chi connectivity index (χ4n) is 1.68. The molecule has 2 aromatic rings. The quantitative estimate of drug-likeness (QED) is 0.801. The topological polar surface area (TPSA) is 20.3 Å². The molecule has 0 aliphatic heterocycles. The molecule has 0 radical (unpaired) electrons. The number of carbonyl (C=O) groups excluding carboxylic acids is 1. The minimum Gasteiger partial charge on any atom is -0.311 e. The van der Waals surface area contributed by atoms with Gasteiger partial charge in [0.05, 0.1) is 8.66 Å². The molecular formula is C14H14BrNOS. The van der Waals surface area contributed by atoms with Gasteiger partial charge in [-0.1, -0.05) is 12.1 Å². The average molecular weight is 324 g/mol. The molecule has 18 heavy (non-hydrogen) atoms. The molecule has 0 atom stereocenters. The highest BCUT2D eigenvalue weighted by Gasteiger charge is 2.16. The second-order valence-electron chi connectivity index (χ2n) is 4.27. The molecule has 4 heteroatoms. The zero-order valence-electron chi connectivity index (χ0n) is 10.5. The third-order valence-electron chi connectivity index (χ3n) is 2.76. The summed E-state index contributed by atoms with van der Waals surface area (Å²) in [5.41, 5.74) is 3.17. The summed E-state index contributed by atoms with van der Waals surface area (Å²) >= 11 is 4.92. The van der Waals surface area contributed by atoms with Crippen LogP contribution >= 0.6 is 27.3 Å². The molecule has 1 amide bonds. The van der Waals surface area contributed by atoms with Crippen molar-refractivity contribution in [1.82, 2.24) is 0 Å². The Morgan fingerprint density at radius 2 is 2.00 bits per heavy atom. The first-order chi connectivity index (χ1) is 8.49. The minimum absolute atomic E-state index is 0.0272. The van der Waals surface area contributed by atoms with E-state index in [-0.39, 0.29) is 5.91 Å². The number of carbonyl (C=O) groups is 1. The summed E-state index contributed by atoms with van der Waals surface area (Å²) in [5.74, 6) is 0.0272. The van der Waals surface area contributed by atoms with Crippen molar-refractivity contribution < 1.29 is 4.79 Å². The number of thiophene rings is 1. The van der Waals surface area contributed by atoms with E-state index >= 15 is 0 Å². The molecule has 0 aliphatic carbocycles. The van der Waals surface area contributed by atoms with E-state index in [2.05, 4.69) is 15.9 Å². The van der Waals surface area contributed by atoms with E-state index in [1.807, 2.05) is 44.2 Å². The van der Waals surface area contributed by atoms with Gasteiger partial charge in [-0.25, -0.2) is 0 Å². The molecule has 0 fully saturated rings. The Kier molecular flexibility index (Phi) is 3.88. The Morgan fingerprint density at radius 1 is 1.28 bits per heavy atom. The number of halogens is 1. The van der Waals surface area contributed by atoms with Gasteiger partial charge in [0.15, 0.2) is 0 Å². The van der Waals surface area contributed by atoms with Crippen LogP contribution in [-0.2, 0) is 0 Å². The largest absolute Gasteiger partial charge is 0.311 e. The van der Waals surface area contributed by atoms with Gasteiger partial charge in [0.25, 0.3) is 5.91 Å². The fraction of sp³-hybridized carbons (Fsp3) is 0.214. The number of benzene rings is 1. The van der Waals surface area contributed by atoms with Crippen molar-refractivity contribution in [1.29, 1.82) is 0 Å². The third-order valence-corrected chi connectivity index (χ3v) is 4.89. The van der Waals surface area contributed by atoms with Crippen LogP contribution in [0.2, 0.25) is 0 Å². The van der Waals surface area contributed by atoms with E-state index in [1.165, 1.54) is 11.3 Å². The van der Waals surface area contributed by atoms with Crippen molar-refractivity contribution in [2.75, 3.05) is 11.9 Å². The molecular weight excluding hydrogens is 310 g/mol. The zero-order chi connectivity index (χ0) is 13.3. The van der Waals surface area contributed by atoms with Crippen LogP contribution in [0.25, 0.3) is 0 Å². The van der Waals surface area contributed by atoms with E-state index in [0.717, 1.165) is 25.5 Å². The van der Waals surface area contributed by atoms with Crippen LogP contribution in [0.3, 0.4) is 0 Å². The molecule has 0 saturated heterocycles. The van der Waals surface area contributed by atoms with Crippen LogP contribution in [0.4, 0.5) is 5.69 Å². The molecule has 1 aromatic carbocycles. The summed E-state index contributed by atoms with van der Waals surface area (Å²) in [5, 5.41) is 0. The lowest BCUT2D eigenvalue weighted by molar-refractivity contribution is 0.0997. The monoisotopic (exact) mass is 323 g/mol. The van der Waals surface area contributed by atoms with Crippen molar-refractivity contribution >= 4 is 38.9 Å². The lowest BCUT2D eigenvalue weighted by atomic mass is 10.2. The fourth-order valence-corrected chi connectivity index (χ4v) is 3.19. The van der Waals surface area contributed by atoms with Gasteiger partial charge in [-0.2, -0.15) is 0 Å². The Bertz CT molecular complexity index is 572. The number of nitrogens with zero attached hydrogens (tertiary/aromatic N) is 1. The number of rotatable bonds is 2. The number of aryl methyl sites for hydroxylation is 2. The van der Waals surface area contributed by atoms with E-state index in [1.54, 1.807) is 11.9 Å². The highest BCUT2D eigenvalue weighted by atomic mass is 79.9. The van der Waals surface area contributed by atoms with Gasteiger partial charge in [-0.3, -0.25) is 4.79 Å². The normalized spacial score (nSPS) is 10.4. The number of amides is 1. The zero-order valence-corrected chi connectivity index (χ0v) is 12.9. The first-order valence-electron chi connectivity index (χ1n) is 5.59. The summed E-state index contributed by atoms with van der Waals surface area (Å²) in [6.07, 6.45) is 0. The standard InChI is InChI=1S/C14H14BrNOS/c1-9-5-4-6-11(7-9)16(3)14(17)12-8-10(2)13(15)18-12/h4-8H,1-3H3. The first-order valence-corrected chi connectivity index (χ1v) is 7.20. The van der Waals surface area contributed by atoms with Crippen LogP contribution in [0.1, 0.15) is 20.8 Å². The summed E-state index contributed by atoms with van der Waals surface area (Å²) in [7, 11) is 1.81. The summed E-state index contributed by atoms with van der Waals surface area (Å²) in [6.45, 7) is 4.01. The Hall–Kier alpha value is -1.13. The maximum atomic E-state index is 12.3. The maximum Gasteiger partial charge on any atom is 0.268 e. The average Bonchev–Trinajstić information content (AvgIpc) is 2.68. The van der Waals surface area contributed by atoms with Crippen LogP contribution < -0.4 is 4.90 Å². The van der Waals surface area contributed by atoms with Crippen molar-refractivity contribution in [3.63, 3.8) is 0 Å². The van der Waals surface area contributed by atoms with Gasteiger partial charge in [0.1, 0.15) is 0 Å². The number of hydrogen-bond donors (Lipinski definition) is 0. The third kappa shape index (κ3) is 2.65. The molecule has 2 rings (SSSR count). The first kappa shape index (κ1) is 13.3. The maximum absolute atomic E-state index is 12.3. The molecule has 0 spiro atoms. The molecule has 0 N–H and O–H groups in total. The molecule has 1 aromatic heterocycles. The smallest absolute Gasteiger partial charge is 0.268 e. The van der Waals surface area contributed by atoms with Gasteiger partial charge in [0.2, 0.25) is 0 Å². The number of anilines is 1. The van der Waals surface area contributed by atoms with Gasteiger partial charge in [-0.05, 0) is 59.1 Å². The second kappa shape index (κ2) is 5.24. The SMILES string of the molecule is Cc1cccc(N(C)C(=O)c2cc(C)c(Br)s2)c1.